The van der Waals surface area contributed by atoms with E-state index in [0.717, 1.165) is 52.7 Å². The number of nitrogens with one attached hydrogen (secondary N) is 2. The number of aromatic amines is 1. The molecule has 0 fully saturated rings. The summed E-state index contributed by atoms with van der Waals surface area (Å²) in [4.78, 5) is 8.61. The molecule has 2 N–H and O–H groups in total. The summed E-state index contributed by atoms with van der Waals surface area (Å²) >= 11 is 0. The van der Waals surface area contributed by atoms with Gasteiger partial charge in [-0.25, -0.2) is 4.98 Å². The number of aromatic nitrogens is 2. The van der Waals surface area contributed by atoms with E-state index in [0.29, 0.717) is 6.61 Å². The number of rotatable bonds is 9. The predicted molar refractivity (Wildman–Crippen MR) is 143 cm³/mol. The molecule has 0 radical (unpaired) electrons. The van der Waals surface area contributed by atoms with Gasteiger partial charge in [-0.1, -0.05) is 97.1 Å². The van der Waals surface area contributed by atoms with Gasteiger partial charge in [-0.3, -0.25) is 0 Å². The second-order valence-corrected chi connectivity index (χ2v) is 8.49. The lowest BCUT2D eigenvalue weighted by Gasteiger charge is -2.11. The number of H-pyrrole nitrogens is 1. The summed E-state index contributed by atoms with van der Waals surface area (Å²) in [6, 6.07) is 37.1. The van der Waals surface area contributed by atoms with Crippen LogP contribution in [0.15, 0.2) is 109 Å². The van der Waals surface area contributed by atoms with Crippen molar-refractivity contribution >= 4 is 0 Å². The third kappa shape index (κ3) is 5.34. The summed E-state index contributed by atoms with van der Waals surface area (Å²) in [6.07, 6.45) is 0. The second-order valence-electron chi connectivity index (χ2n) is 8.49. The molecule has 0 aliphatic rings. The maximum Gasteiger partial charge on any atom is 0.142 e. The number of benzene rings is 4. The Bertz CT molecular complexity index is 1320. The zero-order chi connectivity index (χ0) is 23.9. The molecule has 0 amide bonds. The van der Waals surface area contributed by atoms with Gasteiger partial charge in [-0.2, -0.15) is 0 Å². The van der Waals surface area contributed by atoms with Gasteiger partial charge in [0.2, 0.25) is 0 Å². The zero-order valence-corrected chi connectivity index (χ0v) is 19.9. The third-order valence-electron chi connectivity index (χ3n) is 6.07. The lowest BCUT2D eigenvalue weighted by atomic mass is 10.1. The molecule has 4 heteroatoms. The van der Waals surface area contributed by atoms with Crippen LogP contribution in [0.1, 0.15) is 11.1 Å². The van der Waals surface area contributed by atoms with Crippen molar-refractivity contribution in [3.8, 4) is 39.7 Å². The van der Waals surface area contributed by atoms with Crippen molar-refractivity contribution < 1.29 is 4.74 Å². The molecule has 0 aliphatic heterocycles. The van der Waals surface area contributed by atoms with Crippen LogP contribution in [0.3, 0.4) is 0 Å². The largest absolute Gasteiger partial charge is 0.491 e. The van der Waals surface area contributed by atoms with Gasteiger partial charge in [-0.15, -0.1) is 0 Å². The van der Waals surface area contributed by atoms with Crippen LogP contribution in [0, 0.1) is 6.92 Å². The second kappa shape index (κ2) is 10.9. The Morgan fingerprint density at radius 2 is 1.40 bits per heavy atom. The summed E-state index contributed by atoms with van der Waals surface area (Å²) < 4.78 is 6.20. The van der Waals surface area contributed by atoms with E-state index >= 15 is 0 Å². The number of hydrogen-bond donors (Lipinski definition) is 2. The normalized spacial score (nSPS) is 10.9. The molecule has 4 nitrogen and oxygen atoms in total. The maximum atomic E-state index is 6.20. The quantitative estimate of drug-likeness (QED) is 0.236. The first-order valence-electron chi connectivity index (χ1n) is 12.0. The first-order chi connectivity index (χ1) is 17.3. The molecule has 0 unspecified atom stereocenters. The Morgan fingerprint density at radius 3 is 2.17 bits per heavy atom. The van der Waals surface area contributed by atoms with Gasteiger partial charge in [-0.05, 0) is 30.2 Å². The summed E-state index contributed by atoms with van der Waals surface area (Å²) in [5.41, 5.74) is 7.67. The van der Waals surface area contributed by atoms with Crippen LogP contribution < -0.4 is 10.1 Å². The van der Waals surface area contributed by atoms with Gasteiger partial charge in [0.1, 0.15) is 18.2 Å². The zero-order valence-electron chi connectivity index (χ0n) is 19.9. The third-order valence-corrected chi connectivity index (χ3v) is 6.07. The highest BCUT2D eigenvalue weighted by Gasteiger charge is 2.17. The molecule has 1 heterocycles. The van der Waals surface area contributed by atoms with Crippen LogP contribution in [0.25, 0.3) is 33.9 Å². The topological polar surface area (TPSA) is 49.9 Å². The Morgan fingerprint density at radius 1 is 0.743 bits per heavy atom. The number of para-hydroxylation sites is 1. The van der Waals surface area contributed by atoms with E-state index < -0.39 is 0 Å². The Kier molecular flexibility index (Phi) is 7.02. The fraction of sp³-hybridized carbons (Fsp3) is 0.129. The maximum absolute atomic E-state index is 6.20. The van der Waals surface area contributed by atoms with Gasteiger partial charge in [0.05, 0.1) is 17.0 Å². The first kappa shape index (κ1) is 22.6. The molecule has 174 valence electrons. The number of nitrogens with zero attached hydrogens (tertiary/aromatic N) is 1. The van der Waals surface area contributed by atoms with E-state index in [2.05, 4.69) is 71.8 Å². The Balaban J connectivity index is 1.36. The lowest BCUT2D eigenvalue weighted by molar-refractivity contribution is 0.314. The van der Waals surface area contributed by atoms with Crippen LogP contribution in [0.5, 0.6) is 5.75 Å². The Labute approximate surface area is 206 Å². The SMILES string of the molecule is Cc1ccccc1CNCCOc1ccccc1-c1nc(-c2ccccc2)c(-c2ccccc2)[nH]1. The van der Waals surface area contributed by atoms with Crippen molar-refractivity contribution in [2.45, 2.75) is 13.5 Å². The Hall–Kier alpha value is -4.15. The van der Waals surface area contributed by atoms with E-state index in [1.807, 2.05) is 54.6 Å². The average Bonchev–Trinajstić information content (AvgIpc) is 3.36. The highest BCUT2D eigenvalue weighted by molar-refractivity contribution is 5.82. The molecule has 0 saturated heterocycles. The predicted octanol–water partition coefficient (Wildman–Crippen LogP) is 6.89. The summed E-state index contributed by atoms with van der Waals surface area (Å²) in [6.45, 7) is 4.29. The van der Waals surface area contributed by atoms with E-state index in [9.17, 15) is 0 Å². The van der Waals surface area contributed by atoms with Gasteiger partial charge >= 0.3 is 0 Å². The monoisotopic (exact) mass is 459 g/mol. The number of ether oxygens (including phenoxy) is 1. The molecule has 35 heavy (non-hydrogen) atoms. The van der Waals surface area contributed by atoms with E-state index in [4.69, 9.17) is 9.72 Å². The van der Waals surface area contributed by atoms with E-state index in [1.54, 1.807) is 0 Å². The molecule has 0 atom stereocenters. The van der Waals surface area contributed by atoms with Gasteiger partial charge < -0.3 is 15.0 Å². The molecule has 0 saturated carbocycles. The lowest BCUT2D eigenvalue weighted by Crippen LogP contribution is -2.21. The molecular weight excluding hydrogens is 430 g/mol. The molecule has 1 aromatic heterocycles. The van der Waals surface area contributed by atoms with Crippen molar-refractivity contribution in [3.63, 3.8) is 0 Å². The van der Waals surface area contributed by atoms with Gasteiger partial charge in [0.25, 0.3) is 0 Å². The molecule has 5 rings (SSSR count). The van der Waals surface area contributed by atoms with Crippen molar-refractivity contribution in [1.29, 1.82) is 0 Å². The van der Waals surface area contributed by atoms with Crippen LogP contribution >= 0.6 is 0 Å². The number of aryl methyl sites for hydroxylation is 1. The highest BCUT2D eigenvalue weighted by Crippen LogP contribution is 2.35. The average molecular weight is 460 g/mol. The van der Waals surface area contributed by atoms with E-state index in [-0.39, 0.29) is 0 Å². The fourth-order valence-corrected chi connectivity index (χ4v) is 4.17. The summed E-state index contributed by atoms with van der Waals surface area (Å²) in [7, 11) is 0. The minimum Gasteiger partial charge on any atom is -0.491 e. The molecule has 0 spiro atoms. The molecule has 0 bridgehead atoms. The van der Waals surface area contributed by atoms with Crippen molar-refractivity contribution in [3.05, 3.63) is 120 Å². The fourth-order valence-electron chi connectivity index (χ4n) is 4.17. The molecule has 5 aromatic rings. The van der Waals surface area contributed by atoms with Crippen LogP contribution in [-0.4, -0.2) is 23.1 Å². The minimum atomic E-state index is 0.570. The molecular formula is C31H29N3O. The molecule has 0 aliphatic carbocycles. The van der Waals surface area contributed by atoms with Crippen molar-refractivity contribution in [2.24, 2.45) is 0 Å². The van der Waals surface area contributed by atoms with Crippen LogP contribution in [-0.2, 0) is 6.54 Å². The van der Waals surface area contributed by atoms with Gasteiger partial charge in [0.15, 0.2) is 0 Å². The minimum absolute atomic E-state index is 0.570. The van der Waals surface area contributed by atoms with Crippen molar-refractivity contribution in [2.75, 3.05) is 13.2 Å². The number of imidazole rings is 1. The smallest absolute Gasteiger partial charge is 0.142 e. The summed E-state index contributed by atoms with van der Waals surface area (Å²) in [5, 5.41) is 3.48. The first-order valence-corrected chi connectivity index (χ1v) is 12.0. The number of hydrogen-bond acceptors (Lipinski definition) is 3. The summed E-state index contributed by atoms with van der Waals surface area (Å²) in [5.74, 6) is 1.62. The van der Waals surface area contributed by atoms with Crippen LogP contribution in [0.4, 0.5) is 0 Å². The standard InChI is InChI=1S/C31H29N3O/c1-23-12-8-9-17-26(23)22-32-20-21-35-28-19-11-10-18-27(28)31-33-29(24-13-4-2-5-14-24)30(34-31)25-15-6-3-7-16-25/h2-19,32H,20-22H2,1H3,(H,33,34). The van der Waals surface area contributed by atoms with Crippen LogP contribution in [0.2, 0.25) is 0 Å². The van der Waals surface area contributed by atoms with E-state index in [1.165, 1.54) is 11.1 Å². The highest BCUT2D eigenvalue weighted by atomic mass is 16.5. The van der Waals surface area contributed by atoms with Crippen molar-refractivity contribution in [1.82, 2.24) is 15.3 Å². The molecule has 4 aromatic carbocycles. The van der Waals surface area contributed by atoms with Gasteiger partial charge in [0, 0.05) is 24.2 Å².